The zero-order valence-corrected chi connectivity index (χ0v) is 18.5. The van der Waals surface area contributed by atoms with Crippen molar-refractivity contribution in [3.05, 3.63) is 71.7 Å². The van der Waals surface area contributed by atoms with E-state index in [0.29, 0.717) is 5.92 Å². The van der Waals surface area contributed by atoms with Gasteiger partial charge in [-0.3, -0.25) is 9.78 Å². The van der Waals surface area contributed by atoms with Gasteiger partial charge in [0.15, 0.2) is 0 Å². The molecule has 2 aromatic carbocycles. The van der Waals surface area contributed by atoms with E-state index in [-0.39, 0.29) is 18.7 Å². The minimum absolute atomic E-state index is 0.0764. The van der Waals surface area contributed by atoms with E-state index >= 15 is 0 Å². The molecule has 5 nitrogen and oxygen atoms in total. The van der Waals surface area contributed by atoms with Crippen LogP contribution in [0, 0.1) is 11.7 Å². The summed E-state index contributed by atoms with van der Waals surface area (Å²) in [4.78, 5) is 16.2. The first-order valence-electron chi connectivity index (χ1n) is 11.3. The predicted octanol–water partition coefficient (Wildman–Crippen LogP) is 5.15. The van der Waals surface area contributed by atoms with Crippen molar-refractivity contribution in [2.75, 3.05) is 0 Å². The fourth-order valence-corrected chi connectivity index (χ4v) is 4.32. The molecule has 3 atom stereocenters. The van der Waals surface area contributed by atoms with Gasteiger partial charge in [-0.15, -0.1) is 0 Å². The average Bonchev–Trinajstić information content (AvgIpc) is 3.63. The number of para-hydroxylation sites is 1. The van der Waals surface area contributed by atoms with Gasteiger partial charge in [0.25, 0.3) is 0 Å². The molecule has 0 amide bonds. The van der Waals surface area contributed by atoms with E-state index in [2.05, 4.69) is 0 Å². The Morgan fingerprint density at radius 1 is 1.15 bits per heavy atom. The fourth-order valence-electron chi connectivity index (χ4n) is 4.32. The van der Waals surface area contributed by atoms with Crippen molar-refractivity contribution >= 4 is 22.9 Å². The lowest BCUT2D eigenvalue weighted by atomic mass is 9.91. The lowest BCUT2D eigenvalue weighted by Gasteiger charge is -2.19. The molecule has 1 aliphatic rings. The number of hydrogen-bond acceptors (Lipinski definition) is 4. The van der Waals surface area contributed by atoms with Crippen LogP contribution < -0.4 is 0 Å². The van der Waals surface area contributed by atoms with E-state index < -0.39 is 24.1 Å². The molecule has 4 rings (SSSR count). The summed E-state index contributed by atoms with van der Waals surface area (Å²) in [5.74, 6) is -1.99. The number of aliphatic hydroxyl groups is 2. The normalized spacial score (nSPS) is 16.7. The van der Waals surface area contributed by atoms with Gasteiger partial charge in [-0.2, -0.15) is 0 Å². The maximum absolute atomic E-state index is 13.6. The van der Waals surface area contributed by atoms with Crippen molar-refractivity contribution in [1.82, 2.24) is 4.98 Å². The highest BCUT2D eigenvalue weighted by molar-refractivity contribution is 5.99. The lowest BCUT2D eigenvalue weighted by Crippen LogP contribution is -2.30. The highest BCUT2D eigenvalue weighted by atomic mass is 19.1. The molecule has 1 aliphatic carbocycles. The first-order chi connectivity index (χ1) is 15.9. The molecular weight excluding hydrogens is 421 g/mol. The zero-order valence-electron chi connectivity index (χ0n) is 18.5. The number of rotatable bonds is 9. The Morgan fingerprint density at radius 2 is 1.85 bits per heavy atom. The van der Waals surface area contributed by atoms with E-state index in [1.165, 1.54) is 12.1 Å². The second-order valence-corrected chi connectivity index (χ2v) is 8.67. The van der Waals surface area contributed by atoms with Gasteiger partial charge < -0.3 is 15.3 Å². The van der Waals surface area contributed by atoms with Crippen molar-refractivity contribution in [2.24, 2.45) is 5.92 Å². The molecule has 1 aromatic heterocycles. The van der Waals surface area contributed by atoms with Crippen LogP contribution >= 0.6 is 0 Å². The Bertz CT molecular complexity index is 1170. The first kappa shape index (κ1) is 23.1. The Kier molecular flexibility index (Phi) is 6.86. The average molecular weight is 450 g/mol. The van der Waals surface area contributed by atoms with Crippen LogP contribution in [-0.2, 0) is 4.79 Å². The second-order valence-electron chi connectivity index (χ2n) is 8.67. The summed E-state index contributed by atoms with van der Waals surface area (Å²) < 4.78 is 13.6. The second kappa shape index (κ2) is 9.81. The third-order valence-corrected chi connectivity index (χ3v) is 6.25. The van der Waals surface area contributed by atoms with Crippen molar-refractivity contribution in [3.8, 4) is 11.1 Å². The summed E-state index contributed by atoms with van der Waals surface area (Å²) in [7, 11) is 0. The van der Waals surface area contributed by atoms with Gasteiger partial charge in [0, 0.05) is 28.9 Å². The number of nitrogens with zero attached hydrogens (tertiary/aromatic N) is 1. The van der Waals surface area contributed by atoms with Gasteiger partial charge >= 0.3 is 5.97 Å². The number of carboxylic acid groups (broad SMARTS) is 1. The maximum Gasteiger partial charge on any atom is 0.309 e. The van der Waals surface area contributed by atoms with E-state index in [9.17, 15) is 24.5 Å². The highest BCUT2D eigenvalue weighted by Crippen LogP contribution is 2.45. The van der Waals surface area contributed by atoms with E-state index in [4.69, 9.17) is 4.98 Å². The summed E-state index contributed by atoms with van der Waals surface area (Å²) in [6.45, 7) is 1.70. The molecule has 1 unspecified atom stereocenters. The molecule has 1 heterocycles. The van der Waals surface area contributed by atoms with Crippen molar-refractivity contribution in [1.29, 1.82) is 0 Å². The van der Waals surface area contributed by atoms with Crippen LogP contribution in [0.5, 0.6) is 0 Å². The molecule has 172 valence electrons. The number of carboxylic acids is 1. The van der Waals surface area contributed by atoms with Crippen LogP contribution in [0.4, 0.5) is 4.39 Å². The van der Waals surface area contributed by atoms with E-state index in [1.807, 2.05) is 30.3 Å². The molecule has 1 fully saturated rings. The molecule has 6 heteroatoms. The molecule has 3 N–H and O–H groups in total. The molecular formula is C27H28FNO4. The van der Waals surface area contributed by atoms with Crippen LogP contribution in [0.2, 0.25) is 0 Å². The first-order valence-corrected chi connectivity index (χ1v) is 11.3. The predicted molar refractivity (Wildman–Crippen MR) is 126 cm³/mol. The van der Waals surface area contributed by atoms with E-state index in [0.717, 1.165) is 46.1 Å². The fraction of sp³-hybridized carbons (Fsp3) is 0.333. The number of carbonyl (C=O) groups is 1. The Balaban J connectivity index is 1.76. The summed E-state index contributed by atoms with van der Waals surface area (Å²) >= 11 is 0. The number of aliphatic carboxylic acids is 1. The molecule has 0 spiro atoms. The number of hydrogen-bond donors (Lipinski definition) is 3. The minimum atomic E-state index is -1.15. The zero-order chi connectivity index (χ0) is 23.5. The summed E-state index contributed by atoms with van der Waals surface area (Å²) in [6, 6.07) is 14.1. The number of aliphatic hydroxyl groups excluding tert-OH is 2. The van der Waals surface area contributed by atoms with Gasteiger partial charge in [0.05, 0.1) is 29.3 Å². The van der Waals surface area contributed by atoms with Crippen LogP contribution in [-0.4, -0.2) is 38.5 Å². The molecule has 1 saturated carbocycles. The van der Waals surface area contributed by atoms with Gasteiger partial charge in [-0.25, -0.2) is 4.39 Å². The van der Waals surface area contributed by atoms with Crippen LogP contribution in [0.15, 0.2) is 54.6 Å². The van der Waals surface area contributed by atoms with Gasteiger partial charge in [-0.05, 0) is 43.0 Å². The molecule has 0 aliphatic heterocycles. The van der Waals surface area contributed by atoms with Crippen LogP contribution in [0.3, 0.4) is 0 Å². The Labute approximate surface area is 192 Å². The van der Waals surface area contributed by atoms with Gasteiger partial charge in [-0.1, -0.05) is 49.4 Å². The topological polar surface area (TPSA) is 90.7 Å². The molecule has 3 aromatic rings. The Hall–Kier alpha value is -3.09. The van der Waals surface area contributed by atoms with E-state index in [1.54, 1.807) is 25.1 Å². The quantitative estimate of drug-likeness (QED) is 0.420. The maximum atomic E-state index is 13.6. The third-order valence-electron chi connectivity index (χ3n) is 6.25. The molecule has 33 heavy (non-hydrogen) atoms. The minimum Gasteiger partial charge on any atom is -0.481 e. The number of pyridine rings is 1. The van der Waals surface area contributed by atoms with Gasteiger partial charge in [0.1, 0.15) is 5.82 Å². The molecule has 0 saturated heterocycles. The summed E-state index contributed by atoms with van der Waals surface area (Å²) in [6.07, 6.45) is 3.50. The number of fused-ring (bicyclic) bond motifs is 1. The molecule has 0 radical (unpaired) electrons. The smallest absolute Gasteiger partial charge is 0.309 e. The van der Waals surface area contributed by atoms with Crippen LogP contribution in [0.25, 0.3) is 28.1 Å². The highest BCUT2D eigenvalue weighted by Gasteiger charge is 2.30. The Morgan fingerprint density at radius 3 is 2.48 bits per heavy atom. The number of halogens is 1. The lowest BCUT2D eigenvalue weighted by molar-refractivity contribution is -0.146. The monoisotopic (exact) mass is 449 g/mol. The standard InChI is InChI=1S/C27H28FNO4/c1-2-20(27(32)33)24(31)15-19(30)13-14-22-25(16-9-11-18(28)12-10-16)21-5-3-4-6-23(21)29-26(22)17-7-8-17/h3-6,9-14,17,19-20,24,30-31H,2,7-8,15H2,1H3,(H,32,33)/t19-,20?,24-/m1/s1. The summed E-state index contributed by atoms with van der Waals surface area (Å²) in [5, 5.41) is 31.0. The largest absolute Gasteiger partial charge is 0.481 e. The summed E-state index contributed by atoms with van der Waals surface area (Å²) in [5.41, 5.74) is 4.43. The van der Waals surface area contributed by atoms with Gasteiger partial charge in [0.2, 0.25) is 0 Å². The third kappa shape index (κ3) is 5.13. The SMILES string of the molecule is CCC(C(=O)O)[C@H](O)C[C@H](O)C=Cc1c(C2CC2)nc2ccccc2c1-c1ccc(F)cc1. The van der Waals surface area contributed by atoms with Crippen molar-refractivity contribution in [2.45, 2.75) is 50.7 Å². The number of aromatic nitrogens is 1. The molecule has 0 bridgehead atoms. The number of benzene rings is 2. The van der Waals surface area contributed by atoms with Crippen molar-refractivity contribution < 1.29 is 24.5 Å². The van der Waals surface area contributed by atoms with Crippen LogP contribution in [0.1, 0.15) is 49.8 Å². The van der Waals surface area contributed by atoms with Crippen molar-refractivity contribution in [3.63, 3.8) is 0 Å².